The van der Waals surface area contributed by atoms with Crippen molar-refractivity contribution < 1.29 is 0 Å². The molecule has 1 aromatic carbocycles. The van der Waals surface area contributed by atoms with Crippen LogP contribution in [0.3, 0.4) is 0 Å². The molecule has 0 bridgehead atoms. The molecule has 25 heavy (non-hydrogen) atoms. The molecule has 2 fully saturated rings. The van der Waals surface area contributed by atoms with Gasteiger partial charge in [0.1, 0.15) is 0 Å². The maximum atomic E-state index is 2.64. The molecule has 1 saturated heterocycles. The summed E-state index contributed by atoms with van der Waals surface area (Å²) in [6.45, 7) is 8.36. The van der Waals surface area contributed by atoms with Gasteiger partial charge in [-0.25, -0.2) is 0 Å². The second-order valence-corrected chi connectivity index (χ2v) is 8.13. The van der Waals surface area contributed by atoms with Crippen molar-refractivity contribution in [1.29, 1.82) is 0 Å². The lowest BCUT2D eigenvalue weighted by Gasteiger charge is -2.37. The van der Waals surface area contributed by atoms with Gasteiger partial charge in [0, 0.05) is 37.4 Å². The van der Waals surface area contributed by atoms with Gasteiger partial charge in [-0.05, 0) is 62.1 Å². The first-order valence-corrected chi connectivity index (χ1v) is 10.1. The van der Waals surface area contributed by atoms with Gasteiger partial charge in [-0.1, -0.05) is 37.6 Å². The van der Waals surface area contributed by atoms with Crippen LogP contribution in [0.5, 0.6) is 0 Å². The molecule has 1 aliphatic heterocycles. The van der Waals surface area contributed by atoms with E-state index in [1.807, 2.05) is 0 Å². The average Bonchev–Trinajstić information content (AvgIpc) is 3.40. The van der Waals surface area contributed by atoms with E-state index < -0.39 is 0 Å². The Balaban J connectivity index is 0.00000182. The van der Waals surface area contributed by atoms with Crippen molar-refractivity contribution in [2.45, 2.75) is 51.9 Å². The first kappa shape index (κ1) is 18.8. The summed E-state index contributed by atoms with van der Waals surface area (Å²) in [5.41, 5.74) is 5.32. The van der Waals surface area contributed by atoms with E-state index in [0.29, 0.717) is 0 Å². The predicted octanol–water partition coefficient (Wildman–Crippen LogP) is 5.38. The van der Waals surface area contributed by atoms with Gasteiger partial charge in [0.05, 0.1) is 0 Å². The Hall–Kier alpha value is -0.990. The zero-order valence-corrected chi connectivity index (χ0v) is 16.5. The van der Waals surface area contributed by atoms with Crippen LogP contribution in [0.1, 0.15) is 57.4 Å². The molecule has 4 rings (SSSR count). The van der Waals surface area contributed by atoms with E-state index >= 15 is 0 Å². The van der Waals surface area contributed by atoms with Crippen molar-refractivity contribution in [3.05, 3.63) is 35.9 Å². The van der Waals surface area contributed by atoms with Crippen molar-refractivity contribution in [3.8, 4) is 0 Å². The van der Waals surface area contributed by atoms with Gasteiger partial charge in [0.15, 0.2) is 0 Å². The van der Waals surface area contributed by atoms with Crippen molar-refractivity contribution in [1.82, 2.24) is 4.90 Å². The maximum Gasteiger partial charge on any atom is 0.0443 e. The zero-order valence-electron chi connectivity index (χ0n) is 15.7. The van der Waals surface area contributed by atoms with Gasteiger partial charge in [0.2, 0.25) is 0 Å². The molecule has 0 unspecified atom stereocenters. The van der Waals surface area contributed by atoms with Crippen LogP contribution in [-0.2, 0) is 0 Å². The highest BCUT2D eigenvalue weighted by Gasteiger charge is 2.42. The molecule has 0 N–H and O–H groups in total. The quantitative estimate of drug-likeness (QED) is 0.695. The van der Waals surface area contributed by atoms with Crippen molar-refractivity contribution in [3.63, 3.8) is 0 Å². The van der Waals surface area contributed by atoms with Gasteiger partial charge < -0.3 is 4.90 Å². The largest absolute Gasteiger partial charge is 0.368 e. The number of hydrogen-bond acceptors (Lipinski definition) is 2. The Kier molecular flexibility index (Phi) is 6.12. The minimum atomic E-state index is 0. The summed E-state index contributed by atoms with van der Waals surface area (Å²) in [5, 5.41) is 0. The highest BCUT2D eigenvalue weighted by Crippen LogP contribution is 2.56. The molecule has 1 heterocycles. The molecule has 1 saturated carbocycles. The summed E-state index contributed by atoms with van der Waals surface area (Å²) in [6, 6.07) is 9.14. The van der Waals surface area contributed by atoms with Crippen LogP contribution in [0.25, 0.3) is 5.57 Å². The summed E-state index contributed by atoms with van der Waals surface area (Å²) in [5.74, 6) is 0. The van der Waals surface area contributed by atoms with Crippen molar-refractivity contribution >= 4 is 23.7 Å². The molecule has 0 radical (unpaired) electrons. The number of rotatable bonds is 5. The first-order chi connectivity index (χ1) is 11.8. The standard InChI is InChI=1S/C22H32N2.ClH/c1-2-3-14-23-15-17-24(18-16-23)21-7-5-4-6-20(21)19-8-10-22(11-9-19)12-13-22;/h4-8H,2-3,9-18H2,1H3;1H. The molecule has 0 amide bonds. The molecule has 0 aromatic heterocycles. The fourth-order valence-electron chi connectivity index (χ4n) is 4.43. The maximum absolute atomic E-state index is 2.64. The lowest BCUT2D eigenvalue weighted by molar-refractivity contribution is 0.254. The summed E-state index contributed by atoms with van der Waals surface area (Å²) < 4.78 is 0. The fourth-order valence-corrected chi connectivity index (χ4v) is 4.43. The second kappa shape index (κ2) is 8.14. The third kappa shape index (κ3) is 4.23. The van der Waals surface area contributed by atoms with Gasteiger partial charge in [-0.3, -0.25) is 4.90 Å². The Labute approximate surface area is 159 Å². The van der Waals surface area contributed by atoms with E-state index in [4.69, 9.17) is 0 Å². The summed E-state index contributed by atoms with van der Waals surface area (Å²) in [4.78, 5) is 5.26. The number of anilines is 1. The van der Waals surface area contributed by atoms with Crippen LogP contribution in [0.15, 0.2) is 30.3 Å². The van der Waals surface area contributed by atoms with E-state index in [-0.39, 0.29) is 12.4 Å². The van der Waals surface area contributed by atoms with Gasteiger partial charge in [0.25, 0.3) is 0 Å². The van der Waals surface area contributed by atoms with Gasteiger partial charge in [-0.15, -0.1) is 12.4 Å². The average molecular weight is 361 g/mol. The lowest BCUT2D eigenvalue weighted by Crippen LogP contribution is -2.46. The Morgan fingerprint density at radius 2 is 1.76 bits per heavy atom. The first-order valence-electron chi connectivity index (χ1n) is 10.1. The highest BCUT2D eigenvalue weighted by atomic mass is 35.5. The topological polar surface area (TPSA) is 6.48 Å². The van der Waals surface area contributed by atoms with Crippen molar-refractivity contribution in [2.24, 2.45) is 5.41 Å². The zero-order chi connectivity index (χ0) is 16.4. The van der Waals surface area contributed by atoms with Crippen LogP contribution in [-0.4, -0.2) is 37.6 Å². The van der Waals surface area contributed by atoms with Crippen LogP contribution in [0.2, 0.25) is 0 Å². The van der Waals surface area contributed by atoms with Gasteiger partial charge in [-0.2, -0.15) is 0 Å². The number of hydrogen-bond donors (Lipinski definition) is 0. The van der Waals surface area contributed by atoms with E-state index in [2.05, 4.69) is 47.1 Å². The molecule has 138 valence electrons. The number of halogens is 1. The highest BCUT2D eigenvalue weighted by molar-refractivity contribution is 5.85. The second-order valence-electron chi connectivity index (χ2n) is 8.13. The number of benzene rings is 1. The van der Waals surface area contributed by atoms with Crippen LogP contribution < -0.4 is 4.90 Å². The van der Waals surface area contributed by atoms with Crippen LogP contribution in [0, 0.1) is 5.41 Å². The third-order valence-corrected chi connectivity index (χ3v) is 6.45. The normalized spacial score (nSPS) is 22.4. The number of allylic oxidation sites excluding steroid dienone is 2. The Bertz CT molecular complexity index is 598. The van der Waals surface area contributed by atoms with E-state index in [0.717, 1.165) is 5.41 Å². The van der Waals surface area contributed by atoms with Crippen molar-refractivity contribution in [2.75, 3.05) is 37.6 Å². The third-order valence-electron chi connectivity index (χ3n) is 6.45. The molecular weight excluding hydrogens is 328 g/mol. The van der Waals surface area contributed by atoms with Gasteiger partial charge >= 0.3 is 0 Å². The van der Waals surface area contributed by atoms with E-state index in [1.54, 1.807) is 5.57 Å². The minimum absolute atomic E-state index is 0. The number of piperazine rings is 1. The number of unbranched alkanes of at least 4 members (excludes halogenated alkanes) is 1. The molecular formula is C22H33ClN2. The summed E-state index contributed by atoms with van der Waals surface area (Å²) in [7, 11) is 0. The molecule has 1 aromatic rings. The molecule has 0 atom stereocenters. The number of nitrogens with zero attached hydrogens (tertiary/aromatic N) is 2. The predicted molar refractivity (Wildman–Crippen MR) is 111 cm³/mol. The summed E-state index contributed by atoms with van der Waals surface area (Å²) >= 11 is 0. The summed E-state index contributed by atoms with van der Waals surface area (Å²) in [6.07, 6.45) is 12.2. The smallest absolute Gasteiger partial charge is 0.0443 e. The molecule has 3 aliphatic rings. The van der Waals surface area contributed by atoms with Crippen LogP contribution >= 0.6 is 12.4 Å². The van der Waals surface area contributed by atoms with Crippen LogP contribution in [0.4, 0.5) is 5.69 Å². The SMILES string of the molecule is CCCCN1CCN(c2ccccc2C2=CCC3(CC2)CC3)CC1.Cl. The van der Waals surface area contributed by atoms with E-state index in [9.17, 15) is 0 Å². The lowest BCUT2D eigenvalue weighted by atomic mass is 9.84. The Morgan fingerprint density at radius 3 is 2.40 bits per heavy atom. The Morgan fingerprint density at radius 1 is 1.00 bits per heavy atom. The fraction of sp³-hybridized carbons (Fsp3) is 0.636. The molecule has 3 heteroatoms. The monoisotopic (exact) mass is 360 g/mol. The molecule has 2 nitrogen and oxygen atoms in total. The molecule has 1 spiro atoms. The van der Waals surface area contributed by atoms with E-state index in [1.165, 1.54) is 88.9 Å². The molecule has 2 aliphatic carbocycles. The number of para-hydroxylation sites is 1. The minimum Gasteiger partial charge on any atom is -0.368 e.